The number of benzene rings is 1. The summed E-state index contributed by atoms with van der Waals surface area (Å²) in [6, 6.07) is 9.86. The smallest absolute Gasteiger partial charge is 0.459 e. The van der Waals surface area contributed by atoms with Gasteiger partial charge < -0.3 is 29.3 Å². The van der Waals surface area contributed by atoms with Crippen LogP contribution in [0.25, 0.3) is 0 Å². The molecule has 4 N–H and O–H groups in total. The minimum Gasteiger partial charge on any atom is -0.477 e. The van der Waals surface area contributed by atoms with Gasteiger partial charge in [-0.2, -0.15) is 9.65 Å². The molecule has 1 aromatic carbocycles. The van der Waals surface area contributed by atoms with Crippen LogP contribution in [0.1, 0.15) is 23.5 Å². The first-order valence-electron chi connectivity index (χ1n) is 10.2. The number of aromatic carboxylic acids is 1. The Labute approximate surface area is 195 Å². The van der Waals surface area contributed by atoms with E-state index in [1.807, 2.05) is 0 Å². The second kappa shape index (κ2) is 11.0. The minimum atomic E-state index is -4.18. The Morgan fingerprint density at radius 3 is 2.53 bits per heavy atom. The van der Waals surface area contributed by atoms with Crippen LogP contribution < -0.4 is 14.2 Å². The lowest BCUT2D eigenvalue weighted by Gasteiger charge is -2.24. The van der Waals surface area contributed by atoms with Crippen molar-refractivity contribution in [1.82, 2.24) is 5.09 Å². The highest BCUT2D eigenvalue weighted by molar-refractivity contribution is 7.52. The Kier molecular flexibility index (Phi) is 8.37. The number of nitrogens with zero attached hydrogens (tertiary/aromatic N) is 1. The number of aliphatic hydroxyl groups is 2. The molecule has 6 atom stereocenters. The van der Waals surface area contributed by atoms with Gasteiger partial charge >= 0.3 is 19.7 Å². The molecule has 1 fully saturated rings. The average Bonchev–Trinajstić information content (AvgIpc) is 3.11. The van der Waals surface area contributed by atoms with E-state index in [1.165, 1.54) is 55.3 Å². The summed E-state index contributed by atoms with van der Waals surface area (Å²) in [4.78, 5) is 23.0. The van der Waals surface area contributed by atoms with Crippen LogP contribution in [0.15, 0.2) is 54.9 Å². The van der Waals surface area contributed by atoms with Gasteiger partial charge in [-0.25, -0.2) is 9.36 Å². The third-order valence-electron chi connectivity index (χ3n) is 4.98. The van der Waals surface area contributed by atoms with E-state index in [0.29, 0.717) is 0 Å². The van der Waals surface area contributed by atoms with Crippen LogP contribution in [0.5, 0.6) is 5.75 Å². The number of pyridine rings is 1. The van der Waals surface area contributed by atoms with Gasteiger partial charge in [-0.15, -0.1) is 0 Å². The quantitative estimate of drug-likeness (QED) is 0.207. The van der Waals surface area contributed by atoms with Gasteiger partial charge in [-0.1, -0.05) is 18.2 Å². The summed E-state index contributed by atoms with van der Waals surface area (Å²) in [5, 5.41) is 32.5. The molecule has 184 valence electrons. The number of nitrogens with one attached hydrogen (secondary N) is 1. The van der Waals surface area contributed by atoms with Gasteiger partial charge in [0.2, 0.25) is 0 Å². The molecular weight excluding hydrogens is 471 g/mol. The van der Waals surface area contributed by atoms with Gasteiger partial charge in [0.1, 0.15) is 29.6 Å². The van der Waals surface area contributed by atoms with E-state index in [4.69, 9.17) is 13.8 Å². The summed E-state index contributed by atoms with van der Waals surface area (Å²) in [5.41, 5.74) is -0.0470. The Morgan fingerprint density at radius 1 is 1.18 bits per heavy atom. The molecule has 1 aromatic heterocycles. The number of ether oxygens (including phenoxy) is 2. The number of methoxy groups -OCH3 is 1. The Morgan fingerprint density at radius 2 is 1.88 bits per heavy atom. The average molecular weight is 497 g/mol. The summed E-state index contributed by atoms with van der Waals surface area (Å²) >= 11 is 0. The molecule has 1 aliphatic rings. The Bertz CT molecular complexity index is 1050. The first kappa shape index (κ1) is 25.8. The maximum Gasteiger partial charge on any atom is 0.459 e. The topological polar surface area (TPSA) is 165 Å². The normalized spacial score (nSPS) is 24.7. The fraction of sp³-hybridized carbons (Fsp3) is 0.381. The maximum atomic E-state index is 13.4. The number of hydrogen-bond acceptors (Lipinski definition) is 9. The number of rotatable bonds is 10. The highest BCUT2D eigenvalue weighted by Gasteiger charge is 2.49. The van der Waals surface area contributed by atoms with Crippen LogP contribution in [-0.4, -0.2) is 65.3 Å². The van der Waals surface area contributed by atoms with Crippen LogP contribution in [0.4, 0.5) is 0 Å². The van der Waals surface area contributed by atoms with Crippen LogP contribution in [-0.2, 0) is 23.4 Å². The molecule has 0 bridgehead atoms. The van der Waals surface area contributed by atoms with Crippen LogP contribution in [0.2, 0.25) is 0 Å². The molecule has 3 rings (SSSR count). The van der Waals surface area contributed by atoms with Crippen molar-refractivity contribution in [3.63, 3.8) is 0 Å². The van der Waals surface area contributed by atoms with Gasteiger partial charge in [0.25, 0.3) is 6.23 Å². The second-order valence-corrected chi connectivity index (χ2v) is 9.16. The fourth-order valence-corrected chi connectivity index (χ4v) is 4.74. The lowest BCUT2D eigenvalue weighted by molar-refractivity contribution is -0.765. The standard InChI is InChI=1S/C21H25N2O10P/c1-13(21(28)30-2)22-34(29,33-15-8-4-3-5-9-15)31-12-16-17(24)18(25)19(32-16)23-10-6-7-14(11-23)20(26)27/h3-11,13,16-19,24-25H,12H2,1-2H3,(H-,22,26,27,29)/p+1/t13-,16+,17+,18+,19+,34?/m0/s1. The molecule has 1 unspecified atom stereocenters. The van der Waals surface area contributed by atoms with Crippen molar-refractivity contribution in [2.45, 2.75) is 37.5 Å². The number of carboxylic acid groups (broad SMARTS) is 1. The van der Waals surface area contributed by atoms with Crippen LogP contribution >= 0.6 is 7.75 Å². The molecular formula is C21H26N2O10P+. The molecule has 34 heavy (non-hydrogen) atoms. The molecule has 0 spiro atoms. The maximum absolute atomic E-state index is 13.4. The summed E-state index contributed by atoms with van der Waals surface area (Å²) < 4.78 is 36.0. The van der Waals surface area contributed by atoms with E-state index >= 15 is 0 Å². The summed E-state index contributed by atoms with van der Waals surface area (Å²) in [6.07, 6.45) is -2.44. The summed E-state index contributed by atoms with van der Waals surface area (Å²) in [5.74, 6) is -1.68. The van der Waals surface area contributed by atoms with Crippen molar-refractivity contribution >= 4 is 19.7 Å². The summed E-state index contributed by atoms with van der Waals surface area (Å²) in [7, 11) is -3.01. The molecule has 2 aromatic rings. The number of aromatic nitrogens is 1. The van der Waals surface area contributed by atoms with Crippen molar-refractivity contribution in [3.05, 3.63) is 60.4 Å². The zero-order chi connectivity index (χ0) is 24.9. The Balaban J connectivity index is 1.74. The third-order valence-corrected chi connectivity index (χ3v) is 6.63. The molecule has 1 saturated heterocycles. The highest BCUT2D eigenvalue weighted by atomic mass is 31.2. The van der Waals surface area contributed by atoms with Crippen molar-refractivity contribution in [2.75, 3.05) is 13.7 Å². The number of para-hydroxylation sites is 1. The van der Waals surface area contributed by atoms with Gasteiger partial charge in [0.05, 0.1) is 13.7 Å². The van der Waals surface area contributed by atoms with Gasteiger partial charge in [0, 0.05) is 6.07 Å². The lowest BCUT2D eigenvalue weighted by Crippen LogP contribution is -2.46. The minimum absolute atomic E-state index is 0.0470. The first-order chi connectivity index (χ1) is 16.1. The van der Waals surface area contributed by atoms with Crippen molar-refractivity contribution < 1.29 is 52.6 Å². The summed E-state index contributed by atoms with van der Waals surface area (Å²) in [6.45, 7) is 0.919. The van der Waals surface area contributed by atoms with E-state index in [-0.39, 0.29) is 11.3 Å². The Hall–Kier alpha value is -2.86. The second-order valence-electron chi connectivity index (χ2n) is 7.46. The molecule has 0 amide bonds. The molecule has 13 heteroatoms. The lowest BCUT2D eigenvalue weighted by atomic mass is 10.1. The first-order valence-corrected chi connectivity index (χ1v) is 11.8. The predicted molar refractivity (Wildman–Crippen MR) is 115 cm³/mol. The zero-order valence-electron chi connectivity index (χ0n) is 18.4. The molecule has 1 aliphatic heterocycles. The number of hydrogen-bond donors (Lipinski definition) is 4. The zero-order valence-corrected chi connectivity index (χ0v) is 19.3. The number of carbonyl (C=O) groups is 2. The van der Waals surface area contributed by atoms with Crippen LogP contribution in [0, 0.1) is 0 Å². The number of carboxylic acids is 1. The monoisotopic (exact) mass is 497 g/mol. The molecule has 0 radical (unpaired) electrons. The highest BCUT2D eigenvalue weighted by Crippen LogP contribution is 2.45. The molecule has 0 aliphatic carbocycles. The van der Waals surface area contributed by atoms with Crippen molar-refractivity contribution in [2.24, 2.45) is 0 Å². The third kappa shape index (κ3) is 6.17. The van der Waals surface area contributed by atoms with E-state index in [2.05, 4.69) is 9.82 Å². The number of aliphatic hydroxyl groups excluding tert-OH is 2. The molecule has 2 heterocycles. The van der Waals surface area contributed by atoms with Crippen molar-refractivity contribution in [1.29, 1.82) is 0 Å². The van der Waals surface area contributed by atoms with Gasteiger partial charge in [-0.3, -0.25) is 9.32 Å². The fourth-order valence-electron chi connectivity index (χ4n) is 3.24. The van der Waals surface area contributed by atoms with E-state index in [1.54, 1.807) is 18.2 Å². The van der Waals surface area contributed by atoms with Gasteiger partial charge in [-0.05, 0) is 25.1 Å². The SMILES string of the molecule is COC(=O)[C@H](C)NP(=O)(OC[C@H]1O[C@@H]([n+]2cccc(C(=O)O)c2)[C@H](O)[C@@H]1O)Oc1ccccc1. The predicted octanol–water partition coefficient (Wildman–Crippen LogP) is 0.646. The molecule has 0 saturated carbocycles. The van der Waals surface area contributed by atoms with Crippen LogP contribution in [0.3, 0.4) is 0 Å². The van der Waals surface area contributed by atoms with E-state index < -0.39 is 56.9 Å². The van der Waals surface area contributed by atoms with Crippen molar-refractivity contribution in [3.8, 4) is 5.75 Å². The number of carbonyl (C=O) groups excluding carboxylic acids is 1. The van der Waals surface area contributed by atoms with E-state index in [0.717, 1.165) is 0 Å². The largest absolute Gasteiger partial charge is 0.477 e. The van der Waals surface area contributed by atoms with Gasteiger partial charge in [0.15, 0.2) is 18.5 Å². The number of esters is 1. The van der Waals surface area contributed by atoms with E-state index in [9.17, 15) is 29.5 Å². The molecule has 12 nitrogen and oxygen atoms in total.